The van der Waals surface area contributed by atoms with E-state index in [1.54, 1.807) is 29.5 Å². The first kappa shape index (κ1) is 17.8. The summed E-state index contributed by atoms with van der Waals surface area (Å²) in [6.07, 6.45) is 0.362. The van der Waals surface area contributed by atoms with Gasteiger partial charge in [-0.1, -0.05) is 6.07 Å². The Labute approximate surface area is 144 Å². The molecule has 0 radical (unpaired) electrons. The molecule has 0 saturated carbocycles. The number of hydrogen-bond donors (Lipinski definition) is 2. The minimum atomic E-state index is -0.233. The first-order valence-electron chi connectivity index (χ1n) is 7.43. The molecule has 0 bridgehead atoms. The second-order valence-corrected chi connectivity index (χ2v) is 5.96. The van der Waals surface area contributed by atoms with Crippen LogP contribution in [0, 0.1) is 0 Å². The van der Waals surface area contributed by atoms with Crippen molar-refractivity contribution in [3.05, 3.63) is 46.2 Å². The van der Waals surface area contributed by atoms with Crippen molar-refractivity contribution in [1.29, 1.82) is 0 Å². The van der Waals surface area contributed by atoms with Crippen LogP contribution in [0.5, 0.6) is 11.5 Å². The highest BCUT2D eigenvalue weighted by molar-refractivity contribution is 7.10. The minimum absolute atomic E-state index is 0.0576. The molecule has 1 heterocycles. The zero-order valence-corrected chi connectivity index (χ0v) is 14.4. The number of amides is 2. The van der Waals surface area contributed by atoms with Gasteiger partial charge in [-0.3, -0.25) is 9.59 Å². The Bertz CT molecular complexity index is 686. The van der Waals surface area contributed by atoms with Gasteiger partial charge in [0.1, 0.15) is 0 Å². The van der Waals surface area contributed by atoms with E-state index in [4.69, 9.17) is 9.47 Å². The van der Waals surface area contributed by atoms with Crippen molar-refractivity contribution in [3.8, 4) is 11.5 Å². The fourth-order valence-electron chi connectivity index (χ4n) is 2.09. The zero-order valence-electron chi connectivity index (χ0n) is 13.6. The van der Waals surface area contributed by atoms with E-state index < -0.39 is 0 Å². The molecule has 0 atom stereocenters. The summed E-state index contributed by atoms with van der Waals surface area (Å²) >= 11 is 1.55. The monoisotopic (exact) mass is 348 g/mol. The van der Waals surface area contributed by atoms with Gasteiger partial charge in [0.15, 0.2) is 11.5 Å². The molecule has 2 amide bonds. The average molecular weight is 348 g/mol. The maximum atomic E-state index is 12.1. The highest BCUT2D eigenvalue weighted by Crippen LogP contribution is 2.27. The van der Waals surface area contributed by atoms with Crippen molar-refractivity contribution in [2.45, 2.75) is 6.42 Å². The highest BCUT2D eigenvalue weighted by atomic mass is 32.1. The Morgan fingerprint density at radius 2 is 1.79 bits per heavy atom. The Balaban J connectivity index is 1.76. The number of ether oxygens (including phenoxy) is 2. The fourth-order valence-corrected chi connectivity index (χ4v) is 2.79. The maximum absolute atomic E-state index is 12.1. The van der Waals surface area contributed by atoms with Gasteiger partial charge in [-0.05, 0) is 29.6 Å². The lowest BCUT2D eigenvalue weighted by Crippen LogP contribution is -2.35. The van der Waals surface area contributed by atoms with Crippen molar-refractivity contribution in [1.82, 2.24) is 10.6 Å². The van der Waals surface area contributed by atoms with Crippen molar-refractivity contribution in [3.63, 3.8) is 0 Å². The third kappa shape index (κ3) is 4.99. The summed E-state index contributed by atoms with van der Waals surface area (Å²) in [6, 6.07) is 8.78. The van der Waals surface area contributed by atoms with Crippen LogP contribution < -0.4 is 20.1 Å². The Morgan fingerprint density at radius 1 is 1.04 bits per heavy atom. The molecule has 2 rings (SSSR count). The second kappa shape index (κ2) is 8.93. The molecular formula is C17H20N2O4S. The van der Waals surface area contributed by atoms with Crippen LogP contribution in [0.2, 0.25) is 0 Å². The second-order valence-electron chi connectivity index (χ2n) is 4.93. The SMILES string of the molecule is COc1ccc(C(=O)NCCNC(=O)Cc2cccs2)cc1OC. The first-order chi connectivity index (χ1) is 11.6. The van der Waals surface area contributed by atoms with Gasteiger partial charge in [0, 0.05) is 23.5 Å². The lowest BCUT2D eigenvalue weighted by atomic mass is 10.2. The highest BCUT2D eigenvalue weighted by Gasteiger charge is 2.10. The van der Waals surface area contributed by atoms with Gasteiger partial charge in [-0.15, -0.1) is 11.3 Å². The van der Waals surface area contributed by atoms with Gasteiger partial charge in [0.25, 0.3) is 5.91 Å². The molecule has 2 N–H and O–H groups in total. The molecule has 2 aromatic rings. The van der Waals surface area contributed by atoms with Crippen LogP contribution in [0.15, 0.2) is 35.7 Å². The predicted molar refractivity (Wildman–Crippen MR) is 92.9 cm³/mol. The van der Waals surface area contributed by atoms with Gasteiger partial charge in [0.05, 0.1) is 20.6 Å². The molecule has 0 aliphatic rings. The molecule has 1 aromatic carbocycles. The zero-order chi connectivity index (χ0) is 17.4. The van der Waals surface area contributed by atoms with Crippen LogP contribution in [0.1, 0.15) is 15.2 Å². The number of methoxy groups -OCH3 is 2. The third-order valence-corrected chi connectivity index (χ3v) is 4.17. The van der Waals surface area contributed by atoms with Gasteiger partial charge in [-0.25, -0.2) is 0 Å². The molecule has 128 valence electrons. The van der Waals surface area contributed by atoms with E-state index in [0.29, 0.717) is 36.6 Å². The molecule has 1 aromatic heterocycles. The van der Waals surface area contributed by atoms with Crippen molar-refractivity contribution >= 4 is 23.2 Å². The minimum Gasteiger partial charge on any atom is -0.493 e. The molecule has 0 spiro atoms. The third-order valence-electron chi connectivity index (χ3n) is 3.29. The molecule has 0 unspecified atom stereocenters. The average Bonchev–Trinajstić information content (AvgIpc) is 3.10. The molecule has 0 aliphatic carbocycles. The largest absolute Gasteiger partial charge is 0.493 e. The van der Waals surface area contributed by atoms with E-state index in [0.717, 1.165) is 4.88 Å². The number of carbonyl (C=O) groups is 2. The molecule has 7 heteroatoms. The lowest BCUT2D eigenvalue weighted by Gasteiger charge is -2.10. The summed E-state index contributed by atoms with van der Waals surface area (Å²) in [7, 11) is 3.05. The van der Waals surface area contributed by atoms with E-state index in [9.17, 15) is 9.59 Å². The predicted octanol–water partition coefficient (Wildman–Crippen LogP) is 1.85. The van der Waals surface area contributed by atoms with Gasteiger partial charge >= 0.3 is 0 Å². The number of hydrogen-bond acceptors (Lipinski definition) is 5. The number of thiophene rings is 1. The summed E-state index contributed by atoms with van der Waals surface area (Å²) in [5.74, 6) is 0.769. The van der Waals surface area contributed by atoms with Crippen LogP contribution >= 0.6 is 11.3 Å². The van der Waals surface area contributed by atoms with E-state index >= 15 is 0 Å². The topological polar surface area (TPSA) is 76.7 Å². The summed E-state index contributed by atoms with van der Waals surface area (Å²) in [6.45, 7) is 0.729. The number of benzene rings is 1. The van der Waals surface area contributed by atoms with E-state index in [-0.39, 0.29) is 11.8 Å². The molecule has 6 nitrogen and oxygen atoms in total. The molecule has 0 aliphatic heterocycles. The summed E-state index contributed by atoms with van der Waals surface area (Å²) in [5, 5.41) is 7.47. The van der Waals surface area contributed by atoms with Crippen molar-refractivity contribution in [2.75, 3.05) is 27.3 Å². The van der Waals surface area contributed by atoms with Crippen LogP contribution in [0.3, 0.4) is 0 Å². The Morgan fingerprint density at radius 3 is 2.46 bits per heavy atom. The first-order valence-corrected chi connectivity index (χ1v) is 8.31. The molecule has 0 saturated heterocycles. The summed E-state index contributed by atoms with van der Waals surface area (Å²) < 4.78 is 10.3. The quantitative estimate of drug-likeness (QED) is 0.714. The number of nitrogens with one attached hydrogen (secondary N) is 2. The lowest BCUT2D eigenvalue weighted by molar-refractivity contribution is -0.120. The van der Waals surface area contributed by atoms with Crippen molar-refractivity contribution in [2.24, 2.45) is 0 Å². The van der Waals surface area contributed by atoms with Crippen LogP contribution in [-0.2, 0) is 11.2 Å². The molecular weight excluding hydrogens is 328 g/mol. The fraction of sp³-hybridized carbons (Fsp3) is 0.294. The van der Waals surface area contributed by atoms with E-state index in [1.807, 2.05) is 17.5 Å². The Kier molecular flexibility index (Phi) is 6.62. The van der Waals surface area contributed by atoms with Crippen molar-refractivity contribution < 1.29 is 19.1 Å². The Hall–Kier alpha value is -2.54. The summed E-state index contributed by atoms with van der Waals surface area (Å²) in [4.78, 5) is 24.8. The standard InChI is InChI=1S/C17H20N2O4S/c1-22-14-6-5-12(10-15(14)23-2)17(21)19-8-7-18-16(20)11-13-4-3-9-24-13/h3-6,9-10H,7-8,11H2,1-2H3,(H,18,20)(H,19,21). The van der Waals surface area contributed by atoms with Gasteiger partial charge in [0.2, 0.25) is 5.91 Å². The van der Waals surface area contributed by atoms with E-state index in [2.05, 4.69) is 10.6 Å². The van der Waals surface area contributed by atoms with Crippen LogP contribution in [0.25, 0.3) is 0 Å². The molecule has 24 heavy (non-hydrogen) atoms. The van der Waals surface area contributed by atoms with Crippen LogP contribution in [0.4, 0.5) is 0 Å². The number of carbonyl (C=O) groups excluding carboxylic acids is 2. The van der Waals surface area contributed by atoms with Crippen LogP contribution in [-0.4, -0.2) is 39.1 Å². The number of rotatable bonds is 8. The maximum Gasteiger partial charge on any atom is 0.251 e. The summed E-state index contributed by atoms with van der Waals surface area (Å²) in [5.41, 5.74) is 0.470. The smallest absolute Gasteiger partial charge is 0.251 e. The normalized spacial score (nSPS) is 10.1. The van der Waals surface area contributed by atoms with E-state index in [1.165, 1.54) is 14.2 Å². The van der Waals surface area contributed by atoms with Gasteiger partial charge in [-0.2, -0.15) is 0 Å². The van der Waals surface area contributed by atoms with Gasteiger partial charge < -0.3 is 20.1 Å². The molecule has 0 fully saturated rings.